The maximum absolute atomic E-state index is 15.2. The molecule has 22 nitrogen and oxygen atoms in total. The molecular weight excluding hydrogens is 1880 g/mol. The molecule has 0 unspecified atom stereocenters. The number of rotatable bonds is 24. The van der Waals surface area contributed by atoms with Gasteiger partial charge in [-0.3, -0.25) is 18.7 Å². The molecule has 140 heavy (non-hydrogen) atoms. The van der Waals surface area contributed by atoms with Crippen molar-refractivity contribution in [3.63, 3.8) is 0 Å². The number of aromatic nitrogens is 8. The highest BCUT2D eigenvalue weighted by Gasteiger charge is 2.31. The van der Waals surface area contributed by atoms with Crippen molar-refractivity contribution in [2.24, 2.45) is 0 Å². The van der Waals surface area contributed by atoms with E-state index in [4.69, 9.17) is 33.4 Å². The number of halogens is 9. The number of nitrogens with zero attached hydrogens (tertiary/aromatic N) is 8. The van der Waals surface area contributed by atoms with Crippen molar-refractivity contribution in [3.05, 3.63) is 348 Å². The zero-order valence-corrected chi connectivity index (χ0v) is 77.2. The van der Waals surface area contributed by atoms with Gasteiger partial charge in [0.2, 0.25) is 0 Å². The van der Waals surface area contributed by atoms with Crippen LogP contribution in [0.2, 0.25) is 0 Å². The van der Waals surface area contributed by atoms with E-state index in [-0.39, 0.29) is 143 Å². The van der Waals surface area contributed by atoms with E-state index < -0.39 is 76.2 Å². The predicted octanol–water partition coefficient (Wildman–Crippen LogP) is 25.6. The molecule has 0 aliphatic carbocycles. The largest absolute Gasteiger partial charge is 0.568 e. The number of methoxy groups -OCH3 is 7. The molecule has 32 heteroatoms. The molecule has 0 saturated heterocycles. The van der Waals surface area contributed by atoms with Gasteiger partial charge in [-0.15, -0.1) is 0 Å². The quantitative estimate of drug-likeness (QED) is 0.0187. The number of carbonyl (C=O) groups excluding carboxylic acids is 4. The molecule has 4 heterocycles. The second kappa shape index (κ2) is 49.7. The van der Waals surface area contributed by atoms with E-state index in [0.29, 0.717) is 55.9 Å². The van der Waals surface area contributed by atoms with E-state index in [2.05, 4.69) is 78.8 Å². The highest BCUT2D eigenvalue weighted by atomic mass is 79.9. The summed E-state index contributed by atoms with van der Waals surface area (Å²) in [5.74, 6) is -8.37. The third-order valence-corrected chi connectivity index (χ3v) is 23.4. The Balaban J connectivity index is 0.000000246. The zero-order valence-electron chi connectivity index (χ0n) is 75.6. The summed E-state index contributed by atoms with van der Waals surface area (Å²) in [5.41, 5.74) is 13.6. The Labute approximate surface area is 817 Å². The fraction of sp³-hybridized carbons (Fsp3) is 0.222. The molecule has 0 atom stereocenters. The van der Waals surface area contributed by atoms with Gasteiger partial charge in [-0.25, -0.2) is 54.3 Å². The number of ether oxygens (including phenoxy) is 7. The fourth-order valence-corrected chi connectivity index (χ4v) is 16.4. The predicted molar refractivity (Wildman–Crippen MR) is 538 cm³/mol. The number of aromatic hydroxyl groups is 1. The van der Waals surface area contributed by atoms with Crippen LogP contribution in [0.15, 0.2) is 218 Å². The van der Waals surface area contributed by atoms with Crippen molar-refractivity contribution in [1.29, 1.82) is 0 Å². The third-order valence-electron chi connectivity index (χ3n) is 22.7. The first-order chi connectivity index (χ1) is 64.9. The average molecular weight is 1990 g/mol. The standard InChI is InChI=1S/C26H24F2N2O3.C26H22F2N2O3.C25H22F2N2O3.C24H19BrF2N2O3.C2H4BO2.5CH4/c2*1-5-16-9-6-8-15(2)19(16)14-30-22-11-7-10-20(27)24(22)25(29-30)17-13-23(32-3)18(12-21(17)28)26(31)33-4;1-4-15-8-5-7-14(2)18(15)13-29-21-10-6-9-19(26)23(21)24(28-29)16-12-22(30)17(11-20(16)27)25(31)32-3;1-13-6-4-7-17(25)16(13)12-29-20-9-5-8-18(26)22(20)23(28-29)14-11-21(31-2)15(10-19(14)27)24(30)32-3;1-2-5-3-4;;;;;/h6-13H,5,14H2,1-4H3;5-13H,1,14H2,2-4H3;5-12,30H,4,13H2,1-3H3;4-11H,12H2,1-3H3;2,4H,1H2;5*1H4. The van der Waals surface area contributed by atoms with Crippen LogP contribution in [0.4, 0.5) is 35.1 Å². The molecule has 12 aromatic carbocycles. The van der Waals surface area contributed by atoms with Crippen LogP contribution in [0.1, 0.15) is 154 Å². The molecule has 733 valence electrons. The van der Waals surface area contributed by atoms with E-state index in [9.17, 15) is 37.5 Å². The topological polar surface area (TPSA) is 254 Å². The van der Waals surface area contributed by atoms with Crippen LogP contribution in [-0.2, 0) is 62.6 Å². The van der Waals surface area contributed by atoms with Gasteiger partial charge in [0.25, 0.3) is 0 Å². The average Bonchev–Trinajstić information content (AvgIpc) is 1.68. The van der Waals surface area contributed by atoms with Crippen molar-refractivity contribution in [2.45, 2.75) is 118 Å². The number of esters is 4. The fourth-order valence-electron chi connectivity index (χ4n) is 15.8. The molecule has 0 aliphatic heterocycles. The molecule has 0 amide bonds. The number of hydrogen-bond acceptors (Lipinski definition) is 18. The smallest absolute Gasteiger partial charge is 0.544 e. The molecule has 0 bridgehead atoms. The van der Waals surface area contributed by atoms with Crippen LogP contribution < -0.4 is 14.2 Å². The Morgan fingerprint density at radius 3 is 0.929 bits per heavy atom. The van der Waals surface area contributed by atoms with E-state index in [1.165, 1.54) is 90.7 Å². The van der Waals surface area contributed by atoms with Crippen molar-refractivity contribution >= 4 is 97.2 Å². The van der Waals surface area contributed by atoms with Gasteiger partial charge in [-0.2, -0.15) is 20.4 Å². The first-order valence-corrected chi connectivity index (χ1v) is 42.6. The summed E-state index contributed by atoms with van der Waals surface area (Å²) >= 11 is 3.56. The summed E-state index contributed by atoms with van der Waals surface area (Å²) in [4.78, 5) is 47.8. The Morgan fingerprint density at radius 1 is 0.371 bits per heavy atom. The maximum Gasteiger partial charge on any atom is 0.568 e. The minimum atomic E-state index is -0.874. The molecule has 0 saturated carbocycles. The molecule has 1 radical (unpaired) electrons. The van der Waals surface area contributed by atoms with Gasteiger partial charge in [0, 0.05) is 26.7 Å². The third kappa shape index (κ3) is 23.4. The number of aryl methyl sites for hydroxylation is 6. The number of hydrogen-bond donors (Lipinski definition) is 2. The molecule has 16 aromatic rings. The lowest BCUT2D eigenvalue weighted by atomic mass is 10.00. The number of benzene rings is 12. The van der Waals surface area contributed by atoms with Gasteiger partial charge in [0.05, 0.1) is 126 Å². The van der Waals surface area contributed by atoms with E-state index in [0.717, 1.165) is 117 Å². The second-order valence-corrected chi connectivity index (χ2v) is 31.3. The van der Waals surface area contributed by atoms with Crippen LogP contribution in [0.3, 0.4) is 0 Å². The number of phenols is 1. The van der Waals surface area contributed by atoms with Gasteiger partial charge < -0.3 is 47.9 Å². The van der Waals surface area contributed by atoms with Crippen molar-refractivity contribution in [3.8, 4) is 68.0 Å². The van der Waals surface area contributed by atoms with Gasteiger partial charge in [0.1, 0.15) is 115 Å². The van der Waals surface area contributed by atoms with E-state index in [1.807, 2.05) is 94.4 Å². The Morgan fingerprint density at radius 2 is 0.643 bits per heavy atom. The first kappa shape index (κ1) is 112. The molecule has 0 spiro atoms. The highest BCUT2D eigenvalue weighted by Crippen LogP contribution is 2.43. The monoisotopic (exact) mass is 1990 g/mol. The van der Waals surface area contributed by atoms with Crippen molar-refractivity contribution < 1.29 is 102 Å². The summed E-state index contributed by atoms with van der Waals surface area (Å²) in [7, 11) is 9.37. The van der Waals surface area contributed by atoms with Gasteiger partial charge in [-0.1, -0.05) is 177 Å². The summed E-state index contributed by atoms with van der Waals surface area (Å²) < 4.78 is 166. The van der Waals surface area contributed by atoms with Crippen LogP contribution in [0.25, 0.3) is 94.7 Å². The molecule has 16 rings (SSSR count). The minimum Gasteiger partial charge on any atom is -0.544 e. The number of carbonyl (C=O) groups is 4. The lowest BCUT2D eigenvalue weighted by Gasteiger charge is -2.12. The zero-order chi connectivity index (χ0) is 97.5. The van der Waals surface area contributed by atoms with Crippen molar-refractivity contribution in [1.82, 2.24) is 39.1 Å². The van der Waals surface area contributed by atoms with Crippen molar-refractivity contribution in [2.75, 3.05) is 49.8 Å². The molecule has 0 fully saturated rings. The van der Waals surface area contributed by atoms with E-state index >= 15 is 22.0 Å². The van der Waals surface area contributed by atoms with Crippen LogP contribution in [0.5, 0.6) is 23.0 Å². The minimum absolute atomic E-state index is 0. The lowest BCUT2D eigenvalue weighted by Crippen LogP contribution is -2.07. The summed E-state index contributed by atoms with van der Waals surface area (Å²) in [6.07, 6.45) is 4.55. The Kier molecular flexibility index (Phi) is 39.7. The van der Waals surface area contributed by atoms with Crippen LogP contribution in [-0.4, -0.2) is 131 Å². The number of fused-ring (bicyclic) bond motifs is 4. The Hall–Kier alpha value is -15.2. The summed E-state index contributed by atoms with van der Waals surface area (Å²) in [5, 5.41) is 37.0. The Bertz CT molecular complexity index is 7220. The normalized spacial score (nSPS) is 10.5. The lowest BCUT2D eigenvalue weighted by molar-refractivity contribution is 0.0587. The molecule has 4 aromatic heterocycles. The SMILES string of the molecule is C.C.C.C.C.C=CO[B]O.C=Cc1cccc(C)c1Cn1nc(-c2cc(OC)c(C(=O)OC)cc2F)c2c(F)cccc21.CCc1cccc(C)c1Cn1nc(-c2cc(O)c(C(=O)OC)cc2F)c2c(F)cccc21.CCc1cccc(C)c1Cn1nc(-c2cc(OC)c(C(=O)OC)cc2F)c2c(F)cccc21.COC(=O)c1cc(F)c(-c2nn(Cc3c(C)cccc3Br)c3cccc(F)c23)cc1OC. The van der Waals surface area contributed by atoms with Gasteiger partial charge in [0.15, 0.2) is 0 Å². The van der Waals surface area contributed by atoms with Crippen LogP contribution >= 0.6 is 15.9 Å². The summed E-state index contributed by atoms with van der Waals surface area (Å²) in [6.45, 7) is 20.6. The summed E-state index contributed by atoms with van der Waals surface area (Å²) in [6, 6.07) is 51.4. The first-order valence-electron chi connectivity index (χ1n) is 41.8. The number of phenolic OH excluding ortho intramolecular Hbond substituents is 1. The van der Waals surface area contributed by atoms with Gasteiger partial charge in [-0.05, 0) is 205 Å². The van der Waals surface area contributed by atoms with Crippen LogP contribution in [0, 0.1) is 74.2 Å². The molecule has 0 aliphatic rings. The maximum atomic E-state index is 15.2. The molecular formula is C108H111BBrF8N8O14. The second-order valence-electron chi connectivity index (χ2n) is 30.4. The highest BCUT2D eigenvalue weighted by molar-refractivity contribution is 9.10. The van der Waals surface area contributed by atoms with E-state index in [1.54, 1.807) is 73.3 Å². The molecule has 2 N–H and O–H groups in total. The van der Waals surface area contributed by atoms with Gasteiger partial charge >= 0.3 is 31.6 Å².